The highest BCUT2D eigenvalue weighted by atomic mass is 16.3. The predicted octanol–water partition coefficient (Wildman–Crippen LogP) is 1.80. The summed E-state index contributed by atoms with van der Waals surface area (Å²) in [4.78, 5) is 0. The smallest absolute Gasteiger partial charge is 0.0483 e. The molecule has 86 valence electrons. The van der Waals surface area contributed by atoms with Crippen LogP contribution in [0.5, 0.6) is 0 Å². The topological polar surface area (TPSA) is 60.7 Å². The third-order valence-electron chi connectivity index (χ3n) is 0. The van der Waals surface area contributed by atoms with Gasteiger partial charge in [0.15, 0.2) is 0 Å². The molecular formula is C10H28O3. The van der Waals surface area contributed by atoms with E-state index in [0.717, 1.165) is 0 Å². The van der Waals surface area contributed by atoms with Crippen molar-refractivity contribution in [2.45, 2.75) is 60.7 Å². The fraction of sp³-hybridized carbons (Fsp3) is 1.00. The van der Waals surface area contributed by atoms with E-state index in [-0.39, 0.29) is 18.8 Å². The Bertz CT molecular complexity index is 33.9. The zero-order chi connectivity index (χ0) is 11.9. The van der Waals surface area contributed by atoms with E-state index in [1.807, 2.05) is 13.8 Å². The molecule has 0 aliphatic heterocycles. The predicted molar refractivity (Wildman–Crippen MR) is 58.8 cm³/mol. The van der Waals surface area contributed by atoms with Gasteiger partial charge in [-0.3, -0.25) is 0 Å². The first kappa shape index (κ1) is 23.1. The molecule has 3 N–H and O–H groups in total. The zero-order valence-corrected chi connectivity index (χ0v) is 10.2. The largest absolute Gasteiger partial charge is 0.397 e. The van der Waals surface area contributed by atoms with Gasteiger partial charge in [-0.25, -0.2) is 0 Å². The van der Waals surface area contributed by atoms with E-state index in [4.69, 9.17) is 15.3 Å². The first-order valence-electron chi connectivity index (χ1n) is 4.85. The van der Waals surface area contributed by atoms with Crippen molar-refractivity contribution in [3.05, 3.63) is 0 Å². The van der Waals surface area contributed by atoms with Crippen LogP contribution >= 0.6 is 0 Å². The zero-order valence-electron chi connectivity index (χ0n) is 10.2. The minimum atomic E-state index is -0.167. The second-order valence-corrected chi connectivity index (χ2v) is 2.50. The lowest BCUT2D eigenvalue weighted by Crippen LogP contribution is -1.85. The Morgan fingerprint density at radius 2 is 0.846 bits per heavy atom. The molecule has 0 heterocycles. The molecule has 0 fully saturated rings. The lowest BCUT2D eigenvalue weighted by atomic mass is 10.5. The molecule has 0 unspecified atom stereocenters. The van der Waals surface area contributed by atoms with Crippen molar-refractivity contribution in [2.24, 2.45) is 0 Å². The number of hydrogen-bond donors (Lipinski definition) is 3. The van der Waals surface area contributed by atoms with E-state index in [2.05, 4.69) is 0 Å². The van der Waals surface area contributed by atoms with Gasteiger partial charge >= 0.3 is 0 Å². The summed E-state index contributed by atoms with van der Waals surface area (Å²) in [5, 5.41) is 23.7. The summed E-state index contributed by atoms with van der Waals surface area (Å²) in [6.45, 7) is 12.8. The van der Waals surface area contributed by atoms with Gasteiger partial charge in [-0.1, -0.05) is 13.8 Å². The van der Waals surface area contributed by atoms with Gasteiger partial charge in [0.25, 0.3) is 0 Å². The van der Waals surface area contributed by atoms with Gasteiger partial charge in [-0.2, -0.15) is 0 Å². The summed E-state index contributed by atoms with van der Waals surface area (Å²) in [5.41, 5.74) is 0. The summed E-state index contributed by atoms with van der Waals surface area (Å²) < 4.78 is 0. The van der Waals surface area contributed by atoms with Gasteiger partial charge in [0.1, 0.15) is 0 Å². The summed E-state index contributed by atoms with van der Waals surface area (Å²) in [7, 11) is 0. The normalized spacial score (nSPS) is 7.38. The van der Waals surface area contributed by atoms with Crippen molar-refractivity contribution in [1.29, 1.82) is 0 Å². The molecule has 0 amide bonds. The first-order valence-corrected chi connectivity index (χ1v) is 4.85. The molecule has 0 rings (SSSR count). The summed E-state index contributed by atoms with van der Waals surface area (Å²) in [5.74, 6) is 0. The van der Waals surface area contributed by atoms with Crippen LogP contribution in [0.25, 0.3) is 0 Å². The lowest BCUT2D eigenvalue weighted by molar-refractivity contribution is 0.215. The van der Waals surface area contributed by atoms with E-state index in [1.54, 1.807) is 34.6 Å². The summed E-state index contributed by atoms with van der Waals surface area (Å²) >= 11 is 0. The molecule has 3 heteroatoms. The lowest BCUT2D eigenvalue weighted by Gasteiger charge is -1.80. The van der Waals surface area contributed by atoms with Crippen LogP contribution < -0.4 is 0 Å². The van der Waals surface area contributed by atoms with Crippen LogP contribution in [0.4, 0.5) is 0 Å². The SMILES string of the molecule is CC.CC(C)O.CC(C)O.CCO. The Morgan fingerprint density at radius 3 is 0.846 bits per heavy atom. The van der Waals surface area contributed by atoms with Gasteiger partial charge in [0.2, 0.25) is 0 Å². The summed E-state index contributed by atoms with van der Waals surface area (Å²) in [6, 6.07) is 0. The van der Waals surface area contributed by atoms with Gasteiger partial charge in [-0.15, -0.1) is 0 Å². The molecule has 0 aliphatic rings. The minimum absolute atomic E-state index is 0.167. The molecule has 0 radical (unpaired) electrons. The highest BCUT2D eigenvalue weighted by molar-refractivity contribution is 4.21. The third-order valence-corrected chi connectivity index (χ3v) is 0. The average molecular weight is 196 g/mol. The Hall–Kier alpha value is -0.120. The number of hydrogen-bond acceptors (Lipinski definition) is 3. The maximum atomic E-state index is 8.06. The third kappa shape index (κ3) is 80500. The molecule has 0 aromatic carbocycles. The van der Waals surface area contributed by atoms with E-state index in [1.165, 1.54) is 0 Å². The van der Waals surface area contributed by atoms with Crippen molar-refractivity contribution in [1.82, 2.24) is 0 Å². The Kier molecular flexibility index (Phi) is 52.7. The molecule has 13 heavy (non-hydrogen) atoms. The van der Waals surface area contributed by atoms with Crippen molar-refractivity contribution < 1.29 is 15.3 Å². The maximum Gasteiger partial charge on any atom is 0.0483 e. The average Bonchev–Trinajstić information content (AvgIpc) is 1.89. The second kappa shape index (κ2) is 29.7. The first-order chi connectivity index (χ1) is 5.88. The molecule has 0 aromatic rings. The monoisotopic (exact) mass is 196 g/mol. The van der Waals surface area contributed by atoms with Crippen molar-refractivity contribution >= 4 is 0 Å². The van der Waals surface area contributed by atoms with Crippen molar-refractivity contribution in [2.75, 3.05) is 6.61 Å². The number of rotatable bonds is 0. The van der Waals surface area contributed by atoms with Gasteiger partial charge in [0.05, 0.1) is 0 Å². The van der Waals surface area contributed by atoms with Crippen LogP contribution in [0.15, 0.2) is 0 Å². The van der Waals surface area contributed by atoms with E-state index in [0.29, 0.717) is 0 Å². The fourth-order valence-electron chi connectivity index (χ4n) is 0. The highest BCUT2D eigenvalue weighted by Gasteiger charge is 1.69. The van der Waals surface area contributed by atoms with Gasteiger partial charge < -0.3 is 15.3 Å². The molecule has 0 aliphatic carbocycles. The molecule has 0 bridgehead atoms. The van der Waals surface area contributed by atoms with E-state index < -0.39 is 0 Å². The van der Waals surface area contributed by atoms with Crippen LogP contribution in [-0.4, -0.2) is 34.1 Å². The Morgan fingerprint density at radius 1 is 0.846 bits per heavy atom. The molecule has 0 saturated carbocycles. The number of aliphatic hydroxyl groups is 3. The van der Waals surface area contributed by atoms with Crippen LogP contribution in [0.1, 0.15) is 48.5 Å². The maximum absolute atomic E-state index is 8.06. The minimum Gasteiger partial charge on any atom is -0.397 e. The summed E-state index contributed by atoms with van der Waals surface area (Å²) in [6.07, 6.45) is -0.333. The Labute approximate surface area is 83.4 Å². The standard InChI is InChI=1S/2C3H8O.C2H6O.C2H6/c2*1-3(2)4;1-2-3;1-2/h2*3-4H,1-2H3;3H,2H2,1H3;1-2H3. The van der Waals surface area contributed by atoms with Crippen LogP contribution in [0, 0.1) is 0 Å². The molecule has 0 atom stereocenters. The quantitative estimate of drug-likeness (QED) is 0.553. The molecular weight excluding hydrogens is 168 g/mol. The fourth-order valence-corrected chi connectivity index (χ4v) is 0. The van der Waals surface area contributed by atoms with Gasteiger partial charge in [-0.05, 0) is 34.6 Å². The molecule has 3 nitrogen and oxygen atoms in total. The van der Waals surface area contributed by atoms with Gasteiger partial charge in [0, 0.05) is 18.8 Å². The van der Waals surface area contributed by atoms with Crippen LogP contribution in [0.3, 0.4) is 0 Å². The van der Waals surface area contributed by atoms with E-state index in [9.17, 15) is 0 Å². The number of aliphatic hydroxyl groups excluding tert-OH is 3. The second-order valence-electron chi connectivity index (χ2n) is 2.50. The Balaban J connectivity index is -0.0000000431. The van der Waals surface area contributed by atoms with Crippen LogP contribution in [-0.2, 0) is 0 Å². The van der Waals surface area contributed by atoms with E-state index >= 15 is 0 Å². The van der Waals surface area contributed by atoms with Crippen molar-refractivity contribution in [3.63, 3.8) is 0 Å². The molecule has 0 aromatic heterocycles. The molecule has 0 spiro atoms. The van der Waals surface area contributed by atoms with Crippen LogP contribution in [0.2, 0.25) is 0 Å². The molecule has 0 saturated heterocycles. The van der Waals surface area contributed by atoms with Crippen molar-refractivity contribution in [3.8, 4) is 0 Å². The highest BCUT2D eigenvalue weighted by Crippen LogP contribution is 1.65.